The van der Waals surface area contributed by atoms with Gasteiger partial charge in [-0.15, -0.1) is 0 Å². The number of hydrogen-bond donors (Lipinski definition) is 1. The van der Waals surface area contributed by atoms with E-state index < -0.39 is 11.6 Å². The third kappa shape index (κ3) is 3.60. The Balaban J connectivity index is 1.85. The standard InChI is InChI=1S/C26H23F2N3O/c1-16-4-2-3-5-19(16)26-25-21(10-13-31(26)32)22(20-7-6-18(27)14-23(20)28)15-24(30-25)17-8-11-29-12-9-17/h2-7,10,13-15,17,29H,8-9,11-12H2,1H3. The maximum absolute atomic E-state index is 14.9. The summed E-state index contributed by atoms with van der Waals surface area (Å²) in [6.07, 6.45) is 3.25. The predicted octanol–water partition coefficient (Wildman–Crippen LogP) is 5.26. The van der Waals surface area contributed by atoms with Gasteiger partial charge in [-0.3, -0.25) is 0 Å². The van der Waals surface area contributed by atoms with Crippen molar-refractivity contribution in [2.45, 2.75) is 25.7 Å². The molecule has 162 valence electrons. The highest BCUT2D eigenvalue weighted by Crippen LogP contribution is 2.37. The van der Waals surface area contributed by atoms with Crippen molar-refractivity contribution in [3.05, 3.63) is 88.9 Å². The van der Waals surface area contributed by atoms with E-state index in [1.807, 2.05) is 37.3 Å². The summed E-state index contributed by atoms with van der Waals surface area (Å²) < 4.78 is 29.3. The van der Waals surface area contributed by atoms with Gasteiger partial charge >= 0.3 is 0 Å². The molecule has 4 nitrogen and oxygen atoms in total. The Labute approximate surface area is 185 Å². The maximum Gasteiger partial charge on any atom is 0.250 e. The number of pyridine rings is 2. The summed E-state index contributed by atoms with van der Waals surface area (Å²) in [6.45, 7) is 3.71. The zero-order valence-corrected chi connectivity index (χ0v) is 17.7. The first kappa shape index (κ1) is 20.5. The number of halogens is 2. The van der Waals surface area contributed by atoms with Crippen LogP contribution in [0.2, 0.25) is 0 Å². The third-order valence-electron chi connectivity index (χ3n) is 6.28. The summed E-state index contributed by atoms with van der Waals surface area (Å²) in [5, 5.41) is 17.0. The van der Waals surface area contributed by atoms with Gasteiger partial charge in [0.05, 0.1) is 5.56 Å². The molecule has 0 radical (unpaired) electrons. The molecule has 1 saturated heterocycles. The molecule has 0 unspecified atom stereocenters. The monoisotopic (exact) mass is 431 g/mol. The number of hydrogen-bond acceptors (Lipinski definition) is 3. The summed E-state index contributed by atoms with van der Waals surface area (Å²) in [4.78, 5) is 4.97. The van der Waals surface area contributed by atoms with E-state index in [0.29, 0.717) is 27.7 Å². The van der Waals surface area contributed by atoms with Crippen LogP contribution in [0.25, 0.3) is 33.3 Å². The van der Waals surface area contributed by atoms with Gasteiger partial charge in [-0.05, 0) is 68.2 Å². The average molecular weight is 431 g/mol. The summed E-state index contributed by atoms with van der Waals surface area (Å²) in [5.41, 5.74) is 4.47. The first-order valence-electron chi connectivity index (χ1n) is 10.8. The van der Waals surface area contributed by atoms with E-state index in [4.69, 9.17) is 4.98 Å². The second kappa shape index (κ2) is 8.28. The molecule has 0 aliphatic carbocycles. The van der Waals surface area contributed by atoms with Crippen molar-refractivity contribution in [2.24, 2.45) is 0 Å². The third-order valence-corrected chi connectivity index (χ3v) is 6.28. The van der Waals surface area contributed by atoms with Crippen molar-refractivity contribution in [3.8, 4) is 22.4 Å². The van der Waals surface area contributed by atoms with E-state index in [-0.39, 0.29) is 5.92 Å². The first-order chi connectivity index (χ1) is 15.5. The zero-order chi connectivity index (χ0) is 22.2. The fraction of sp³-hybridized carbons (Fsp3) is 0.231. The first-order valence-corrected chi connectivity index (χ1v) is 10.8. The smallest absolute Gasteiger partial charge is 0.250 e. The average Bonchev–Trinajstić information content (AvgIpc) is 2.80. The Morgan fingerprint density at radius 3 is 2.50 bits per heavy atom. The molecule has 0 atom stereocenters. The van der Waals surface area contributed by atoms with Crippen LogP contribution in [0.15, 0.2) is 60.8 Å². The molecule has 4 aromatic rings. The molecule has 6 heteroatoms. The van der Waals surface area contributed by atoms with Crippen LogP contribution in [-0.4, -0.2) is 18.1 Å². The van der Waals surface area contributed by atoms with Crippen LogP contribution in [0.3, 0.4) is 0 Å². The Hall–Kier alpha value is -3.38. The number of piperidine rings is 1. The minimum Gasteiger partial charge on any atom is -0.618 e. The predicted molar refractivity (Wildman–Crippen MR) is 121 cm³/mol. The molecule has 0 saturated carbocycles. The molecule has 0 spiro atoms. The number of aromatic nitrogens is 2. The van der Waals surface area contributed by atoms with Gasteiger partial charge in [0.25, 0.3) is 5.69 Å². The lowest BCUT2D eigenvalue weighted by Gasteiger charge is -2.23. The van der Waals surface area contributed by atoms with Gasteiger partial charge in [0, 0.05) is 34.7 Å². The number of nitrogens with one attached hydrogen (secondary N) is 1. The molecular formula is C26H23F2N3O. The van der Waals surface area contributed by atoms with E-state index >= 15 is 0 Å². The molecule has 2 aromatic carbocycles. The number of fused-ring (bicyclic) bond motifs is 1. The number of aryl methyl sites for hydroxylation is 1. The van der Waals surface area contributed by atoms with Gasteiger partial charge in [-0.1, -0.05) is 18.2 Å². The van der Waals surface area contributed by atoms with Crippen LogP contribution in [0.1, 0.15) is 30.0 Å². The van der Waals surface area contributed by atoms with Gasteiger partial charge in [-0.25, -0.2) is 13.8 Å². The highest BCUT2D eigenvalue weighted by atomic mass is 19.1. The van der Waals surface area contributed by atoms with Crippen molar-refractivity contribution in [1.29, 1.82) is 0 Å². The molecule has 1 aliphatic heterocycles. The van der Waals surface area contributed by atoms with E-state index in [0.717, 1.165) is 53.5 Å². The number of nitrogens with zero attached hydrogens (tertiary/aromatic N) is 2. The van der Waals surface area contributed by atoms with E-state index in [1.165, 1.54) is 18.3 Å². The van der Waals surface area contributed by atoms with Gasteiger partial charge in [-0.2, -0.15) is 4.73 Å². The molecule has 3 heterocycles. The largest absolute Gasteiger partial charge is 0.618 e. The van der Waals surface area contributed by atoms with E-state index in [1.54, 1.807) is 6.07 Å². The molecule has 5 rings (SSSR count). The fourth-order valence-electron chi connectivity index (χ4n) is 4.59. The van der Waals surface area contributed by atoms with Gasteiger partial charge in [0.2, 0.25) is 0 Å². The molecule has 1 aliphatic rings. The molecule has 1 fully saturated rings. The zero-order valence-electron chi connectivity index (χ0n) is 17.7. The second-order valence-corrected chi connectivity index (χ2v) is 8.31. The van der Waals surface area contributed by atoms with Crippen LogP contribution in [0, 0.1) is 23.8 Å². The quantitative estimate of drug-likeness (QED) is 0.356. The SMILES string of the molecule is Cc1ccccc1-c1c2nc(C3CCNCC3)cc(-c3ccc(F)cc3F)c2cc[n+]1[O-]. The topological polar surface area (TPSA) is 51.9 Å². The van der Waals surface area contributed by atoms with Crippen molar-refractivity contribution in [2.75, 3.05) is 13.1 Å². The molecule has 2 aromatic heterocycles. The van der Waals surface area contributed by atoms with E-state index in [2.05, 4.69) is 5.32 Å². The molecule has 1 N–H and O–H groups in total. The van der Waals surface area contributed by atoms with Crippen LogP contribution in [0.4, 0.5) is 8.78 Å². The highest BCUT2D eigenvalue weighted by Gasteiger charge is 2.25. The summed E-state index contributed by atoms with van der Waals surface area (Å²) in [5.74, 6) is -1.06. The summed E-state index contributed by atoms with van der Waals surface area (Å²) >= 11 is 0. The molecule has 0 bridgehead atoms. The van der Waals surface area contributed by atoms with E-state index in [9.17, 15) is 14.0 Å². The van der Waals surface area contributed by atoms with Gasteiger partial charge in [0.1, 0.15) is 17.2 Å². The van der Waals surface area contributed by atoms with Crippen molar-refractivity contribution in [3.63, 3.8) is 0 Å². The van der Waals surface area contributed by atoms with Crippen molar-refractivity contribution in [1.82, 2.24) is 10.3 Å². The molecule has 32 heavy (non-hydrogen) atoms. The maximum atomic E-state index is 14.9. The lowest BCUT2D eigenvalue weighted by molar-refractivity contribution is -0.592. The summed E-state index contributed by atoms with van der Waals surface area (Å²) in [6, 6.07) is 14.8. The van der Waals surface area contributed by atoms with Gasteiger partial charge in [0.15, 0.2) is 6.20 Å². The number of rotatable bonds is 3. The Morgan fingerprint density at radius 2 is 1.75 bits per heavy atom. The molecule has 0 amide bonds. The van der Waals surface area contributed by atoms with Gasteiger partial charge < -0.3 is 10.5 Å². The normalized spacial score (nSPS) is 14.7. The lowest BCUT2D eigenvalue weighted by atomic mass is 9.90. The lowest BCUT2D eigenvalue weighted by Crippen LogP contribution is -2.30. The highest BCUT2D eigenvalue weighted by molar-refractivity contribution is 6.00. The summed E-state index contributed by atoms with van der Waals surface area (Å²) in [7, 11) is 0. The van der Waals surface area contributed by atoms with Crippen LogP contribution in [0.5, 0.6) is 0 Å². The van der Waals surface area contributed by atoms with Crippen LogP contribution >= 0.6 is 0 Å². The minimum atomic E-state index is -0.634. The van der Waals surface area contributed by atoms with Crippen LogP contribution < -0.4 is 10.0 Å². The number of benzene rings is 2. The van der Waals surface area contributed by atoms with Crippen molar-refractivity contribution >= 4 is 10.9 Å². The fourth-order valence-corrected chi connectivity index (χ4v) is 4.59. The second-order valence-electron chi connectivity index (χ2n) is 8.31. The Bertz CT molecular complexity index is 1320. The molecular weight excluding hydrogens is 408 g/mol. The Morgan fingerprint density at radius 1 is 0.969 bits per heavy atom. The van der Waals surface area contributed by atoms with Crippen molar-refractivity contribution < 1.29 is 13.5 Å². The Kier molecular flexibility index (Phi) is 5.31. The minimum absolute atomic E-state index is 0.202. The van der Waals surface area contributed by atoms with Crippen LogP contribution in [-0.2, 0) is 0 Å².